The van der Waals surface area contributed by atoms with Crippen molar-refractivity contribution in [2.75, 3.05) is 36.2 Å². The van der Waals surface area contributed by atoms with Crippen LogP contribution in [0, 0.1) is 5.82 Å². The molecule has 5 rings (SSSR count). The van der Waals surface area contributed by atoms with E-state index in [0.717, 1.165) is 18.0 Å². The van der Waals surface area contributed by atoms with Gasteiger partial charge < -0.3 is 30.2 Å². The molecule has 0 unspecified atom stereocenters. The molecule has 4 aromatic rings. The number of nitrogens with zero attached hydrogens (tertiary/aromatic N) is 5. The van der Waals surface area contributed by atoms with Gasteiger partial charge in [-0.2, -0.15) is 0 Å². The fourth-order valence-electron chi connectivity index (χ4n) is 3.92. The van der Waals surface area contributed by atoms with Crippen LogP contribution in [0.5, 0.6) is 5.88 Å². The highest BCUT2D eigenvalue weighted by atomic mass is 19.1. The van der Waals surface area contributed by atoms with E-state index in [9.17, 15) is 19.1 Å². The molecule has 0 radical (unpaired) electrons. The van der Waals surface area contributed by atoms with Gasteiger partial charge in [0.1, 0.15) is 0 Å². The van der Waals surface area contributed by atoms with Gasteiger partial charge >= 0.3 is 0 Å². The molecule has 3 aromatic heterocycles. The summed E-state index contributed by atoms with van der Waals surface area (Å²) in [4.78, 5) is 31.3. The Kier molecular flexibility index (Phi) is 5.97. The number of methoxy groups -OCH3 is 1. The minimum Gasteiger partial charge on any atom is -0.481 e. The van der Waals surface area contributed by atoms with Crippen LogP contribution in [0.1, 0.15) is 6.92 Å². The van der Waals surface area contributed by atoms with Crippen LogP contribution >= 0.6 is 0 Å². The van der Waals surface area contributed by atoms with Gasteiger partial charge in [0.25, 0.3) is 11.8 Å². The summed E-state index contributed by atoms with van der Waals surface area (Å²) in [7, 11) is 1.44. The molecule has 192 valence electrons. The van der Waals surface area contributed by atoms with Crippen molar-refractivity contribution in [3.05, 3.63) is 48.5 Å². The Hall–Kier alpha value is -4.56. The molecule has 2 atom stereocenters. The smallest absolute Gasteiger partial charge is 0.261 e. The lowest BCUT2D eigenvalue weighted by atomic mass is 9.95. The predicted octanol–water partition coefficient (Wildman–Crippen LogP) is 1.26. The fraction of sp³-hybridized carbons (Fsp3) is 0.261. The van der Waals surface area contributed by atoms with Crippen LogP contribution in [0.2, 0.25) is 0 Å². The SMILES string of the molecule is COc1cc(-n2cc(F)c(N3CCO[C@H]([C@@](C)(O)C(=O)Nc4ccc5c(N)noc5c4)C3=O)n2)ccn1. The first-order chi connectivity index (χ1) is 17.7. The monoisotopic (exact) mass is 511 g/mol. The van der Waals surface area contributed by atoms with E-state index in [1.165, 1.54) is 30.1 Å². The van der Waals surface area contributed by atoms with Gasteiger partial charge in [0.2, 0.25) is 5.88 Å². The number of nitrogen functional groups attached to an aromatic ring is 1. The minimum atomic E-state index is -2.32. The van der Waals surface area contributed by atoms with E-state index in [2.05, 4.69) is 20.6 Å². The van der Waals surface area contributed by atoms with E-state index < -0.39 is 29.3 Å². The molecule has 0 aliphatic carbocycles. The van der Waals surface area contributed by atoms with E-state index in [-0.39, 0.29) is 30.5 Å². The van der Waals surface area contributed by atoms with Crippen LogP contribution in [0.15, 0.2) is 47.2 Å². The van der Waals surface area contributed by atoms with Crippen LogP contribution in [-0.4, -0.2) is 68.8 Å². The Morgan fingerprint density at radius 2 is 2.16 bits per heavy atom. The maximum Gasteiger partial charge on any atom is 0.261 e. The summed E-state index contributed by atoms with van der Waals surface area (Å²) in [6.45, 7) is 1.03. The number of hydrogen-bond acceptors (Lipinski definition) is 10. The van der Waals surface area contributed by atoms with E-state index in [1.54, 1.807) is 18.2 Å². The van der Waals surface area contributed by atoms with Crippen molar-refractivity contribution in [2.24, 2.45) is 0 Å². The number of aromatic nitrogens is 4. The second-order valence-electron chi connectivity index (χ2n) is 8.42. The maximum atomic E-state index is 14.9. The Morgan fingerprint density at radius 3 is 2.95 bits per heavy atom. The molecule has 0 bridgehead atoms. The van der Waals surface area contributed by atoms with Crippen molar-refractivity contribution in [1.29, 1.82) is 0 Å². The van der Waals surface area contributed by atoms with Crippen molar-refractivity contribution < 1.29 is 33.1 Å². The third kappa shape index (κ3) is 4.32. The lowest BCUT2D eigenvalue weighted by molar-refractivity contribution is -0.165. The highest BCUT2D eigenvalue weighted by Crippen LogP contribution is 2.29. The van der Waals surface area contributed by atoms with Gasteiger partial charge in [0.15, 0.2) is 34.7 Å². The van der Waals surface area contributed by atoms with E-state index in [4.69, 9.17) is 19.7 Å². The number of ether oxygens (including phenoxy) is 2. The van der Waals surface area contributed by atoms with Crippen LogP contribution < -0.4 is 20.7 Å². The van der Waals surface area contributed by atoms with Crippen LogP contribution in [0.4, 0.5) is 21.7 Å². The molecule has 1 aromatic carbocycles. The summed E-state index contributed by atoms with van der Waals surface area (Å²) in [5.74, 6) is -2.33. The summed E-state index contributed by atoms with van der Waals surface area (Å²) in [5, 5.41) is 22.0. The molecule has 14 heteroatoms. The van der Waals surface area contributed by atoms with Crippen molar-refractivity contribution >= 4 is 40.1 Å². The molecule has 13 nitrogen and oxygen atoms in total. The second-order valence-corrected chi connectivity index (χ2v) is 8.42. The van der Waals surface area contributed by atoms with Gasteiger partial charge in [-0.05, 0) is 25.1 Å². The number of aliphatic hydroxyl groups is 1. The normalized spacial score (nSPS) is 17.6. The van der Waals surface area contributed by atoms with Crippen LogP contribution in [0.25, 0.3) is 16.7 Å². The van der Waals surface area contributed by atoms with Gasteiger partial charge in [0, 0.05) is 24.0 Å². The van der Waals surface area contributed by atoms with Gasteiger partial charge in [0.05, 0.1) is 37.5 Å². The number of benzene rings is 1. The number of rotatable bonds is 6. The van der Waals surface area contributed by atoms with Crippen LogP contribution in [0.3, 0.4) is 0 Å². The number of carbonyl (C=O) groups excluding carboxylic acids is 2. The average Bonchev–Trinajstić information content (AvgIpc) is 3.46. The first kappa shape index (κ1) is 24.1. The van der Waals surface area contributed by atoms with E-state index in [1.807, 2.05) is 0 Å². The second kappa shape index (κ2) is 9.15. The van der Waals surface area contributed by atoms with Gasteiger partial charge in [-0.3, -0.25) is 14.5 Å². The number of halogens is 1. The first-order valence-corrected chi connectivity index (χ1v) is 11.1. The number of fused-ring (bicyclic) bond motifs is 1. The van der Waals surface area contributed by atoms with Gasteiger partial charge in [-0.1, -0.05) is 5.16 Å². The fourth-order valence-corrected chi connectivity index (χ4v) is 3.92. The zero-order valence-corrected chi connectivity index (χ0v) is 19.7. The summed E-state index contributed by atoms with van der Waals surface area (Å²) < 4.78 is 31.8. The Morgan fingerprint density at radius 1 is 1.35 bits per heavy atom. The highest BCUT2D eigenvalue weighted by molar-refractivity contribution is 6.06. The summed E-state index contributed by atoms with van der Waals surface area (Å²) in [5.41, 5.74) is 4.42. The molecule has 2 amide bonds. The maximum absolute atomic E-state index is 14.9. The lowest BCUT2D eigenvalue weighted by Crippen LogP contribution is -2.61. The lowest BCUT2D eigenvalue weighted by Gasteiger charge is -2.37. The number of hydrogen-bond donors (Lipinski definition) is 3. The third-order valence-corrected chi connectivity index (χ3v) is 5.92. The Balaban J connectivity index is 1.36. The number of pyridine rings is 1. The van der Waals surface area contributed by atoms with Crippen molar-refractivity contribution in [1.82, 2.24) is 19.9 Å². The Labute approximate surface area is 208 Å². The predicted molar refractivity (Wildman–Crippen MR) is 128 cm³/mol. The number of morpholine rings is 1. The summed E-state index contributed by atoms with van der Waals surface area (Å²) >= 11 is 0. The summed E-state index contributed by atoms with van der Waals surface area (Å²) in [6, 6.07) is 7.73. The van der Waals surface area contributed by atoms with Gasteiger partial charge in [-0.25, -0.2) is 14.1 Å². The minimum absolute atomic E-state index is 0.0375. The molecule has 0 spiro atoms. The Bertz CT molecular complexity index is 1500. The molecule has 1 saturated heterocycles. The van der Waals surface area contributed by atoms with E-state index in [0.29, 0.717) is 22.5 Å². The number of anilines is 3. The quantitative estimate of drug-likeness (QED) is 0.342. The molecule has 0 saturated carbocycles. The zero-order valence-electron chi connectivity index (χ0n) is 19.7. The molecule has 37 heavy (non-hydrogen) atoms. The number of nitrogens with two attached hydrogens (primary N) is 1. The molecule has 1 aliphatic rings. The van der Waals surface area contributed by atoms with Crippen molar-refractivity contribution in [3.63, 3.8) is 0 Å². The van der Waals surface area contributed by atoms with Crippen molar-refractivity contribution in [3.8, 4) is 11.6 Å². The largest absolute Gasteiger partial charge is 0.481 e. The third-order valence-electron chi connectivity index (χ3n) is 5.92. The molecule has 1 fully saturated rings. The molecule has 4 N–H and O–H groups in total. The topological polar surface area (TPSA) is 171 Å². The molecule has 4 heterocycles. The summed E-state index contributed by atoms with van der Waals surface area (Å²) in [6.07, 6.45) is 0.935. The van der Waals surface area contributed by atoms with Crippen molar-refractivity contribution in [2.45, 2.75) is 18.6 Å². The molecule has 1 aliphatic heterocycles. The first-order valence-electron chi connectivity index (χ1n) is 11.1. The standard InChI is InChI=1S/C23H22FN7O6/c1-23(34,22(33)27-12-3-4-14-16(9-12)37-29-19(14)25)18-21(32)30(7-8-36-18)20-15(24)11-31(28-20)13-5-6-26-17(10-13)35-2/h3-6,9-11,18,34H,7-8H2,1-2H3,(H2,25,29)(H,27,33)/t18-,23+/m0/s1. The molecular weight excluding hydrogens is 489 g/mol. The molecular formula is C23H22FN7O6. The van der Waals surface area contributed by atoms with E-state index >= 15 is 0 Å². The number of nitrogens with one attached hydrogen (secondary N) is 1. The average molecular weight is 511 g/mol. The van der Waals surface area contributed by atoms with Gasteiger partial charge in [-0.15, -0.1) is 5.10 Å². The van der Waals surface area contributed by atoms with Crippen LogP contribution in [-0.2, 0) is 14.3 Å². The number of carbonyl (C=O) groups is 2. The highest BCUT2D eigenvalue weighted by Gasteiger charge is 2.49. The number of amides is 2. The zero-order chi connectivity index (χ0) is 26.3.